The van der Waals surface area contributed by atoms with E-state index in [2.05, 4.69) is 10.3 Å². The van der Waals surface area contributed by atoms with E-state index in [9.17, 15) is 0 Å². The maximum absolute atomic E-state index is 8.89. The van der Waals surface area contributed by atoms with Crippen LogP contribution in [0.3, 0.4) is 0 Å². The van der Waals surface area contributed by atoms with Gasteiger partial charge < -0.3 is 5.11 Å². The number of aliphatic hydroxyl groups excluding tert-OH is 1. The van der Waals surface area contributed by atoms with E-state index in [0.717, 1.165) is 13.0 Å². The molecule has 4 heteroatoms. The fraction of sp³-hybridized carbons (Fsp3) is 0.667. The van der Waals surface area contributed by atoms with Gasteiger partial charge in [-0.15, -0.1) is 5.10 Å². The first-order valence-electron chi connectivity index (χ1n) is 3.31. The lowest BCUT2D eigenvalue weighted by molar-refractivity contribution is 0.176. The second-order valence-electron chi connectivity index (χ2n) is 2.30. The molecule has 1 aromatic rings. The van der Waals surface area contributed by atoms with Gasteiger partial charge in [0, 0.05) is 12.7 Å². The first kappa shape index (κ1) is 7.21. The van der Waals surface area contributed by atoms with Crippen molar-refractivity contribution < 1.29 is 5.11 Å². The van der Waals surface area contributed by atoms with E-state index >= 15 is 0 Å². The molecule has 0 bridgehead atoms. The van der Waals surface area contributed by atoms with Crippen molar-refractivity contribution in [2.24, 2.45) is 0 Å². The zero-order chi connectivity index (χ0) is 7.40. The standard InChI is InChI=1S/C6H11N3O/c1-6(10)2-4-9-5-3-7-8-9/h3,5-6,10H,2,4H2,1H3. The summed E-state index contributed by atoms with van der Waals surface area (Å²) in [7, 11) is 0. The Balaban J connectivity index is 2.28. The van der Waals surface area contributed by atoms with Crippen molar-refractivity contribution in [3.63, 3.8) is 0 Å². The predicted octanol–water partition coefficient (Wildman–Crippen LogP) is 0.0490. The smallest absolute Gasteiger partial charge is 0.0692 e. The summed E-state index contributed by atoms with van der Waals surface area (Å²) >= 11 is 0. The third kappa shape index (κ3) is 2.14. The van der Waals surface area contributed by atoms with Gasteiger partial charge in [0.25, 0.3) is 0 Å². The average molecular weight is 141 g/mol. The van der Waals surface area contributed by atoms with E-state index < -0.39 is 0 Å². The van der Waals surface area contributed by atoms with Crippen LogP contribution in [0.5, 0.6) is 0 Å². The summed E-state index contributed by atoms with van der Waals surface area (Å²) in [5, 5.41) is 16.3. The molecule has 0 aliphatic carbocycles. The second-order valence-corrected chi connectivity index (χ2v) is 2.30. The molecule has 1 rings (SSSR count). The van der Waals surface area contributed by atoms with Crippen LogP contribution in [0.1, 0.15) is 13.3 Å². The van der Waals surface area contributed by atoms with Crippen LogP contribution in [-0.4, -0.2) is 26.2 Å². The van der Waals surface area contributed by atoms with Gasteiger partial charge in [-0.3, -0.25) is 4.68 Å². The first-order valence-corrected chi connectivity index (χ1v) is 3.31. The molecule has 1 atom stereocenters. The molecular weight excluding hydrogens is 130 g/mol. The Hall–Kier alpha value is -0.900. The summed E-state index contributed by atoms with van der Waals surface area (Å²) in [6.07, 6.45) is 3.87. The van der Waals surface area contributed by atoms with Gasteiger partial charge in [-0.25, -0.2) is 0 Å². The first-order chi connectivity index (χ1) is 4.79. The van der Waals surface area contributed by atoms with Crippen molar-refractivity contribution in [2.75, 3.05) is 0 Å². The molecule has 1 N–H and O–H groups in total. The van der Waals surface area contributed by atoms with Crippen LogP contribution in [0.15, 0.2) is 12.4 Å². The van der Waals surface area contributed by atoms with Crippen LogP contribution in [0, 0.1) is 0 Å². The van der Waals surface area contributed by atoms with Crippen LogP contribution >= 0.6 is 0 Å². The highest BCUT2D eigenvalue weighted by Gasteiger charge is 1.95. The Kier molecular flexibility index (Phi) is 2.39. The van der Waals surface area contributed by atoms with Crippen molar-refractivity contribution in [3.05, 3.63) is 12.4 Å². The predicted molar refractivity (Wildman–Crippen MR) is 36.3 cm³/mol. The molecular formula is C6H11N3O. The van der Waals surface area contributed by atoms with Gasteiger partial charge in [0.2, 0.25) is 0 Å². The molecule has 0 aromatic carbocycles. The molecule has 0 fully saturated rings. The van der Waals surface area contributed by atoms with Gasteiger partial charge in [0.15, 0.2) is 0 Å². The summed E-state index contributed by atoms with van der Waals surface area (Å²) in [4.78, 5) is 0. The summed E-state index contributed by atoms with van der Waals surface area (Å²) in [6.45, 7) is 2.49. The van der Waals surface area contributed by atoms with Crippen LogP contribution in [0.25, 0.3) is 0 Å². The highest BCUT2D eigenvalue weighted by molar-refractivity contribution is 4.64. The van der Waals surface area contributed by atoms with Gasteiger partial charge in [-0.1, -0.05) is 5.21 Å². The fourth-order valence-corrected chi connectivity index (χ4v) is 0.671. The van der Waals surface area contributed by atoms with Gasteiger partial charge in [0.1, 0.15) is 0 Å². The quantitative estimate of drug-likeness (QED) is 0.647. The Bertz CT molecular complexity index is 171. The zero-order valence-corrected chi connectivity index (χ0v) is 5.94. The second kappa shape index (κ2) is 3.31. The molecule has 10 heavy (non-hydrogen) atoms. The third-order valence-corrected chi connectivity index (χ3v) is 1.25. The zero-order valence-electron chi connectivity index (χ0n) is 5.94. The van der Waals surface area contributed by atoms with Crippen LogP contribution in [-0.2, 0) is 6.54 Å². The maximum atomic E-state index is 8.89. The molecule has 0 aliphatic heterocycles. The Morgan fingerprint density at radius 2 is 2.50 bits per heavy atom. The van der Waals surface area contributed by atoms with E-state index in [1.54, 1.807) is 24.0 Å². The molecule has 0 amide bonds. The highest BCUT2D eigenvalue weighted by Crippen LogP contribution is 1.92. The van der Waals surface area contributed by atoms with Gasteiger partial charge in [-0.05, 0) is 13.3 Å². The Morgan fingerprint density at radius 3 is 3.00 bits per heavy atom. The van der Waals surface area contributed by atoms with E-state index in [4.69, 9.17) is 5.11 Å². The van der Waals surface area contributed by atoms with E-state index in [0.29, 0.717) is 0 Å². The number of nitrogens with zero attached hydrogens (tertiary/aromatic N) is 3. The van der Waals surface area contributed by atoms with Crippen molar-refractivity contribution in [1.82, 2.24) is 15.0 Å². The summed E-state index contributed by atoms with van der Waals surface area (Å²) in [5.74, 6) is 0. The molecule has 0 saturated carbocycles. The number of aryl methyl sites for hydroxylation is 1. The number of aliphatic hydroxyl groups is 1. The topological polar surface area (TPSA) is 50.9 Å². The van der Waals surface area contributed by atoms with Crippen molar-refractivity contribution >= 4 is 0 Å². The van der Waals surface area contributed by atoms with Gasteiger partial charge >= 0.3 is 0 Å². The monoisotopic (exact) mass is 141 g/mol. The van der Waals surface area contributed by atoms with Crippen LogP contribution in [0.2, 0.25) is 0 Å². The molecule has 0 saturated heterocycles. The number of hydrogen-bond acceptors (Lipinski definition) is 3. The van der Waals surface area contributed by atoms with E-state index in [1.165, 1.54) is 0 Å². The minimum Gasteiger partial charge on any atom is -0.393 e. The lowest BCUT2D eigenvalue weighted by Gasteiger charge is -2.01. The SMILES string of the molecule is CC(O)CCn1ccnn1. The average Bonchev–Trinajstić information content (AvgIpc) is 2.34. The van der Waals surface area contributed by atoms with Gasteiger partial charge in [-0.2, -0.15) is 0 Å². The highest BCUT2D eigenvalue weighted by atomic mass is 16.3. The molecule has 1 aromatic heterocycles. The minimum absolute atomic E-state index is 0.260. The third-order valence-electron chi connectivity index (χ3n) is 1.25. The Morgan fingerprint density at radius 1 is 1.70 bits per heavy atom. The molecule has 56 valence electrons. The van der Waals surface area contributed by atoms with Gasteiger partial charge in [0.05, 0.1) is 12.3 Å². The normalized spacial score (nSPS) is 13.4. The fourth-order valence-electron chi connectivity index (χ4n) is 0.671. The molecule has 1 heterocycles. The van der Waals surface area contributed by atoms with Crippen molar-refractivity contribution in [2.45, 2.75) is 26.0 Å². The van der Waals surface area contributed by atoms with Crippen molar-refractivity contribution in [3.8, 4) is 0 Å². The number of aromatic nitrogens is 3. The summed E-state index contributed by atoms with van der Waals surface area (Å²) in [5.41, 5.74) is 0. The molecule has 1 unspecified atom stereocenters. The molecule has 4 nitrogen and oxygen atoms in total. The minimum atomic E-state index is -0.260. The maximum Gasteiger partial charge on any atom is 0.0692 e. The summed E-state index contributed by atoms with van der Waals surface area (Å²) in [6, 6.07) is 0. The lowest BCUT2D eigenvalue weighted by Crippen LogP contribution is -2.07. The molecule has 0 aliphatic rings. The van der Waals surface area contributed by atoms with Crippen molar-refractivity contribution in [1.29, 1.82) is 0 Å². The largest absolute Gasteiger partial charge is 0.393 e. The Labute approximate surface area is 59.5 Å². The van der Waals surface area contributed by atoms with Crippen LogP contribution < -0.4 is 0 Å². The molecule has 0 spiro atoms. The number of hydrogen-bond donors (Lipinski definition) is 1. The number of rotatable bonds is 3. The van der Waals surface area contributed by atoms with E-state index in [-0.39, 0.29) is 6.10 Å². The van der Waals surface area contributed by atoms with Crippen LogP contribution in [0.4, 0.5) is 0 Å². The summed E-state index contributed by atoms with van der Waals surface area (Å²) < 4.78 is 1.70. The molecule has 0 radical (unpaired) electrons. The lowest BCUT2D eigenvalue weighted by atomic mass is 10.3. The van der Waals surface area contributed by atoms with E-state index in [1.807, 2.05) is 0 Å².